The Morgan fingerprint density at radius 3 is 2.71 bits per heavy atom. The second kappa shape index (κ2) is 8.77. The van der Waals surface area contributed by atoms with E-state index in [4.69, 9.17) is 16.3 Å². The normalized spacial score (nSPS) is 20.5. The summed E-state index contributed by atoms with van der Waals surface area (Å²) in [5.41, 5.74) is 0.435. The van der Waals surface area contributed by atoms with Gasteiger partial charge in [0, 0.05) is 5.75 Å². The van der Waals surface area contributed by atoms with Crippen molar-refractivity contribution in [2.24, 2.45) is 5.92 Å². The molecule has 2 atom stereocenters. The Morgan fingerprint density at radius 2 is 2.08 bits per heavy atom. The number of esters is 1. The van der Waals surface area contributed by atoms with E-state index in [0.717, 1.165) is 12.8 Å². The highest BCUT2D eigenvalue weighted by Crippen LogP contribution is 2.35. The van der Waals surface area contributed by atoms with Gasteiger partial charge in [-0.2, -0.15) is 0 Å². The molecule has 1 aliphatic rings. The van der Waals surface area contributed by atoms with Crippen molar-refractivity contribution in [3.63, 3.8) is 0 Å². The second-order valence-electron chi connectivity index (χ2n) is 6.31. The van der Waals surface area contributed by atoms with Crippen LogP contribution >= 0.6 is 23.4 Å². The number of hydrogen-bond acceptors (Lipinski definition) is 4. The lowest BCUT2D eigenvalue weighted by Gasteiger charge is -2.28. The highest BCUT2D eigenvalue weighted by molar-refractivity contribution is 8.00. The molecule has 1 saturated heterocycles. The Bertz CT molecular complexity index is 593. The van der Waals surface area contributed by atoms with Crippen LogP contribution in [0.5, 0.6) is 0 Å². The molecule has 1 amide bonds. The molecule has 0 radical (unpaired) electrons. The molecular formula is C18H24ClNO3S. The van der Waals surface area contributed by atoms with E-state index >= 15 is 0 Å². The first-order valence-electron chi connectivity index (χ1n) is 8.31. The fourth-order valence-corrected chi connectivity index (χ4v) is 4.33. The molecule has 0 spiro atoms. The van der Waals surface area contributed by atoms with E-state index < -0.39 is 6.04 Å². The first-order chi connectivity index (χ1) is 11.5. The molecule has 2 rings (SSSR count). The van der Waals surface area contributed by atoms with Gasteiger partial charge in [0.15, 0.2) is 0 Å². The van der Waals surface area contributed by atoms with Crippen LogP contribution in [0.1, 0.15) is 44.0 Å². The van der Waals surface area contributed by atoms with E-state index in [0.29, 0.717) is 22.9 Å². The van der Waals surface area contributed by atoms with Crippen LogP contribution < -0.4 is 0 Å². The summed E-state index contributed by atoms with van der Waals surface area (Å²) in [6.07, 6.45) is 1.78. The summed E-state index contributed by atoms with van der Waals surface area (Å²) in [4.78, 5) is 27.2. The van der Waals surface area contributed by atoms with Crippen molar-refractivity contribution in [2.45, 2.75) is 45.0 Å². The Balaban J connectivity index is 2.23. The topological polar surface area (TPSA) is 46.6 Å². The van der Waals surface area contributed by atoms with Crippen LogP contribution in [0.4, 0.5) is 0 Å². The Kier molecular flexibility index (Phi) is 6.99. The number of thioether (sulfide) groups is 1. The maximum Gasteiger partial charge on any atom is 0.329 e. The number of benzene rings is 1. The van der Waals surface area contributed by atoms with Crippen molar-refractivity contribution in [1.82, 2.24) is 4.90 Å². The van der Waals surface area contributed by atoms with E-state index in [-0.39, 0.29) is 23.2 Å². The van der Waals surface area contributed by atoms with Gasteiger partial charge in [-0.25, -0.2) is 4.79 Å². The summed E-state index contributed by atoms with van der Waals surface area (Å²) in [5, 5.41) is 0.388. The third kappa shape index (κ3) is 4.45. The Morgan fingerprint density at radius 1 is 1.38 bits per heavy atom. The smallest absolute Gasteiger partial charge is 0.329 e. The lowest BCUT2D eigenvalue weighted by atomic mass is 10.1. The summed E-state index contributed by atoms with van der Waals surface area (Å²) in [6.45, 7) is 6.42. The quantitative estimate of drug-likeness (QED) is 0.704. The minimum Gasteiger partial charge on any atom is -0.464 e. The van der Waals surface area contributed by atoms with Crippen LogP contribution in [0, 0.1) is 5.92 Å². The fourth-order valence-electron chi connectivity index (χ4n) is 2.61. The number of rotatable bonds is 6. The zero-order valence-corrected chi connectivity index (χ0v) is 15.9. The standard InChI is InChI=1S/C18H24ClNO3S/c1-4-7-16-20(17(21)13-8-5-6-9-14(13)19)15(11-24-16)18(22)23-10-12(2)3/h5-6,8-9,12,15-16H,4,7,10-11H2,1-3H3/t15-,16+/m1/s1. The average molecular weight is 370 g/mol. The van der Waals surface area contributed by atoms with E-state index in [1.165, 1.54) is 0 Å². The second-order valence-corrected chi connectivity index (χ2v) is 7.93. The van der Waals surface area contributed by atoms with Gasteiger partial charge in [0.05, 0.1) is 22.6 Å². The van der Waals surface area contributed by atoms with Crippen molar-refractivity contribution in [3.05, 3.63) is 34.9 Å². The van der Waals surface area contributed by atoms with Gasteiger partial charge >= 0.3 is 5.97 Å². The number of carbonyl (C=O) groups is 2. The third-order valence-electron chi connectivity index (χ3n) is 3.80. The average Bonchev–Trinajstić information content (AvgIpc) is 2.96. The van der Waals surface area contributed by atoms with Gasteiger partial charge in [-0.3, -0.25) is 4.79 Å². The number of nitrogens with zero attached hydrogens (tertiary/aromatic N) is 1. The van der Waals surface area contributed by atoms with E-state index in [9.17, 15) is 9.59 Å². The molecule has 1 aromatic rings. The van der Waals surface area contributed by atoms with E-state index in [1.807, 2.05) is 13.8 Å². The lowest BCUT2D eigenvalue weighted by molar-refractivity contribution is -0.149. The molecular weight excluding hydrogens is 346 g/mol. The maximum absolute atomic E-state index is 13.0. The van der Waals surface area contributed by atoms with Gasteiger partial charge in [0.1, 0.15) is 6.04 Å². The highest BCUT2D eigenvalue weighted by Gasteiger charge is 2.42. The summed E-state index contributed by atoms with van der Waals surface area (Å²) < 4.78 is 5.38. The predicted molar refractivity (Wildman–Crippen MR) is 98.4 cm³/mol. The van der Waals surface area contributed by atoms with Crippen LogP contribution in [0.2, 0.25) is 5.02 Å². The molecule has 132 valence electrons. The van der Waals surface area contributed by atoms with Crippen molar-refractivity contribution in [1.29, 1.82) is 0 Å². The van der Waals surface area contributed by atoms with Gasteiger partial charge in [-0.05, 0) is 24.5 Å². The minimum atomic E-state index is -0.547. The van der Waals surface area contributed by atoms with Gasteiger partial charge in [-0.1, -0.05) is 50.9 Å². The number of ether oxygens (including phenoxy) is 1. The monoisotopic (exact) mass is 369 g/mol. The Labute approximate surface area is 152 Å². The molecule has 1 fully saturated rings. The van der Waals surface area contributed by atoms with E-state index in [2.05, 4.69) is 6.92 Å². The molecule has 0 aromatic heterocycles. The first-order valence-corrected chi connectivity index (χ1v) is 9.73. The fraction of sp³-hybridized carbons (Fsp3) is 0.556. The van der Waals surface area contributed by atoms with Gasteiger partial charge < -0.3 is 9.64 Å². The molecule has 0 saturated carbocycles. The van der Waals surface area contributed by atoms with Crippen molar-refractivity contribution in [3.8, 4) is 0 Å². The number of halogens is 1. The van der Waals surface area contributed by atoms with Gasteiger partial charge in [-0.15, -0.1) is 11.8 Å². The number of amides is 1. The molecule has 4 nitrogen and oxygen atoms in total. The molecule has 0 aliphatic carbocycles. The first kappa shape index (κ1) is 19.1. The van der Waals surface area contributed by atoms with Crippen LogP contribution in [0.25, 0.3) is 0 Å². The highest BCUT2D eigenvalue weighted by atomic mass is 35.5. The zero-order chi connectivity index (χ0) is 17.7. The third-order valence-corrected chi connectivity index (χ3v) is 5.48. The lowest BCUT2D eigenvalue weighted by Crippen LogP contribution is -2.46. The summed E-state index contributed by atoms with van der Waals surface area (Å²) in [6, 6.07) is 6.42. The minimum absolute atomic E-state index is 0.0182. The maximum atomic E-state index is 13.0. The van der Waals surface area contributed by atoms with Crippen LogP contribution in [0.3, 0.4) is 0 Å². The molecule has 0 bridgehead atoms. The molecule has 0 N–H and O–H groups in total. The van der Waals surface area contributed by atoms with Crippen LogP contribution in [-0.4, -0.2) is 40.6 Å². The zero-order valence-electron chi connectivity index (χ0n) is 14.3. The molecule has 24 heavy (non-hydrogen) atoms. The predicted octanol–water partition coefficient (Wildman–Crippen LogP) is 4.22. The van der Waals surface area contributed by atoms with Gasteiger partial charge in [0.2, 0.25) is 0 Å². The molecule has 1 aliphatic heterocycles. The molecule has 1 aromatic carbocycles. The van der Waals surface area contributed by atoms with Crippen molar-refractivity contribution < 1.29 is 14.3 Å². The number of hydrogen-bond donors (Lipinski definition) is 0. The summed E-state index contributed by atoms with van der Waals surface area (Å²) in [7, 11) is 0. The SMILES string of the molecule is CCC[C@@H]1SC[C@H](C(=O)OCC(C)C)N1C(=O)c1ccccc1Cl. The Hall–Kier alpha value is -1.20. The summed E-state index contributed by atoms with van der Waals surface area (Å²) >= 11 is 7.82. The van der Waals surface area contributed by atoms with E-state index in [1.54, 1.807) is 40.9 Å². The van der Waals surface area contributed by atoms with Crippen molar-refractivity contribution in [2.75, 3.05) is 12.4 Å². The van der Waals surface area contributed by atoms with Crippen molar-refractivity contribution >= 4 is 35.2 Å². The van der Waals surface area contributed by atoms with Crippen LogP contribution in [-0.2, 0) is 9.53 Å². The number of carbonyl (C=O) groups excluding carboxylic acids is 2. The summed E-state index contributed by atoms with van der Waals surface area (Å²) in [5.74, 6) is 0.311. The molecule has 1 heterocycles. The van der Waals surface area contributed by atoms with Crippen LogP contribution in [0.15, 0.2) is 24.3 Å². The van der Waals surface area contributed by atoms with Gasteiger partial charge in [0.25, 0.3) is 5.91 Å². The molecule has 0 unspecified atom stereocenters. The molecule has 6 heteroatoms. The largest absolute Gasteiger partial charge is 0.464 e.